The zero-order valence-electron chi connectivity index (χ0n) is 30.7. The molecule has 0 saturated heterocycles. The van der Waals surface area contributed by atoms with Crippen LogP contribution in [-0.2, 0) is 19.4 Å². The summed E-state index contributed by atoms with van der Waals surface area (Å²) < 4.78 is 80.1. The summed E-state index contributed by atoms with van der Waals surface area (Å²) in [6.07, 6.45) is -0.606. The van der Waals surface area contributed by atoms with Crippen molar-refractivity contribution in [1.82, 2.24) is 20.6 Å². The summed E-state index contributed by atoms with van der Waals surface area (Å²) in [6.45, 7) is 11.8. The van der Waals surface area contributed by atoms with Crippen molar-refractivity contribution in [2.24, 2.45) is 10.8 Å². The summed E-state index contributed by atoms with van der Waals surface area (Å²) in [5.41, 5.74) is -0.443. The molecule has 2 aromatic carbocycles. The van der Waals surface area contributed by atoms with E-state index in [0.717, 1.165) is 6.20 Å². The maximum absolute atomic E-state index is 14.0. The normalized spacial score (nSPS) is 12.6. The van der Waals surface area contributed by atoms with Crippen LogP contribution in [0.2, 0.25) is 0 Å². The van der Waals surface area contributed by atoms with E-state index in [2.05, 4.69) is 34.4 Å². The van der Waals surface area contributed by atoms with E-state index in [9.17, 15) is 31.5 Å². The number of nitrogens with zero attached hydrogens (tertiary/aromatic N) is 2. The van der Waals surface area contributed by atoms with Crippen molar-refractivity contribution in [3.8, 4) is 11.8 Å². The lowest BCUT2D eigenvalue weighted by Crippen LogP contribution is -2.44. The monoisotopic (exact) mass is 740 g/mol. The van der Waals surface area contributed by atoms with Crippen molar-refractivity contribution in [2.75, 3.05) is 6.54 Å². The van der Waals surface area contributed by atoms with Gasteiger partial charge in [-0.2, -0.15) is 13.2 Å². The van der Waals surface area contributed by atoms with Gasteiger partial charge >= 0.3 is 6.18 Å². The number of aromatic nitrogens is 2. The third-order valence-corrected chi connectivity index (χ3v) is 9.31. The molecule has 0 spiro atoms. The maximum atomic E-state index is 14.0. The van der Waals surface area contributed by atoms with E-state index < -0.39 is 40.5 Å². The van der Waals surface area contributed by atoms with Crippen molar-refractivity contribution in [2.45, 2.75) is 86.2 Å². The molecule has 0 aliphatic rings. The molecule has 284 valence electrons. The van der Waals surface area contributed by atoms with E-state index >= 15 is 0 Å². The van der Waals surface area contributed by atoms with Crippen LogP contribution in [0.4, 0.5) is 22.0 Å². The molecule has 0 saturated carbocycles. The van der Waals surface area contributed by atoms with Gasteiger partial charge in [-0.25, -0.2) is 18.7 Å². The number of alkyl halides is 3. The first kappa shape index (κ1) is 40.7. The van der Waals surface area contributed by atoms with E-state index in [1.807, 2.05) is 13.8 Å². The molecule has 53 heavy (non-hydrogen) atoms. The molecule has 2 N–H and O–H groups in total. The smallest absolute Gasteiger partial charge is 0.417 e. The first-order valence-electron chi connectivity index (χ1n) is 17.2. The van der Waals surface area contributed by atoms with Crippen LogP contribution in [0.3, 0.4) is 0 Å². The van der Waals surface area contributed by atoms with Crippen LogP contribution in [0.15, 0.2) is 73.1 Å². The Morgan fingerprint density at radius 3 is 2.00 bits per heavy atom. The van der Waals surface area contributed by atoms with Gasteiger partial charge in [0.05, 0.1) is 16.7 Å². The largest absolute Gasteiger partial charge is 0.473 e. The third-order valence-electron chi connectivity index (χ3n) is 9.31. The number of hydrogen-bond acceptors (Lipinski definition) is 6. The molecule has 8 nitrogen and oxygen atoms in total. The minimum atomic E-state index is -4.86. The minimum Gasteiger partial charge on any atom is -0.473 e. The first-order chi connectivity index (χ1) is 24.8. The Morgan fingerprint density at radius 2 is 1.42 bits per heavy atom. The molecule has 2 heterocycles. The van der Waals surface area contributed by atoms with Gasteiger partial charge in [0.25, 0.3) is 11.8 Å². The van der Waals surface area contributed by atoms with Gasteiger partial charge in [-0.05, 0) is 85.4 Å². The molecule has 0 bridgehead atoms. The Hall–Kier alpha value is -5.07. The second-order valence-electron chi connectivity index (χ2n) is 14.6. The molecule has 4 aromatic rings. The lowest BCUT2D eigenvalue weighted by Gasteiger charge is -2.36. The second-order valence-corrected chi connectivity index (χ2v) is 14.6. The maximum Gasteiger partial charge on any atom is 0.417 e. The van der Waals surface area contributed by atoms with Crippen molar-refractivity contribution < 1.29 is 41.0 Å². The van der Waals surface area contributed by atoms with Gasteiger partial charge in [0.1, 0.15) is 24.8 Å². The highest BCUT2D eigenvalue weighted by Gasteiger charge is 2.38. The number of carbonyl (C=O) groups excluding carboxylic acids is 2. The molecule has 1 atom stereocenters. The molecule has 0 radical (unpaired) electrons. The number of carbonyl (C=O) groups is 2. The Kier molecular flexibility index (Phi) is 13.2. The number of hydrogen-bond donors (Lipinski definition) is 2. The molecule has 0 aliphatic carbocycles. The summed E-state index contributed by atoms with van der Waals surface area (Å²) in [6, 6.07) is 13.4. The predicted octanol–water partition coefficient (Wildman–Crippen LogP) is 9.01. The number of amides is 2. The topological polar surface area (TPSA) is 102 Å². The summed E-state index contributed by atoms with van der Waals surface area (Å²) in [5, 5.41) is 5.65. The van der Waals surface area contributed by atoms with E-state index in [-0.39, 0.29) is 36.2 Å². The highest BCUT2D eigenvalue weighted by atomic mass is 19.4. The summed E-state index contributed by atoms with van der Waals surface area (Å²) in [5.74, 6) is -2.07. The van der Waals surface area contributed by atoms with Crippen molar-refractivity contribution in [1.29, 1.82) is 0 Å². The van der Waals surface area contributed by atoms with Crippen molar-refractivity contribution in [3.63, 3.8) is 0 Å². The molecule has 1 unspecified atom stereocenters. The number of halogens is 5. The zero-order valence-corrected chi connectivity index (χ0v) is 30.7. The number of pyridine rings is 2. The van der Waals surface area contributed by atoms with Crippen molar-refractivity contribution >= 4 is 11.8 Å². The SMILES string of the molecule is Cc1cc(C(=O)NCCC(C)(C)CCC(C)(C)C(C)NC(=O)c2cnc(OCc3cccc(F)c3)cc2C(F)(F)F)cnc1OCc1cccc(F)c1. The van der Waals surface area contributed by atoms with Gasteiger partial charge in [-0.3, -0.25) is 9.59 Å². The van der Waals surface area contributed by atoms with Crippen molar-refractivity contribution in [3.05, 3.63) is 118 Å². The predicted molar refractivity (Wildman–Crippen MR) is 190 cm³/mol. The average Bonchev–Trinajstić information content (AvgIpc) is 3.09. The Morgan fingerprint density at radius 1 is 0.792 bits per heavy atom. The summed E-state index contributed by atoms with van der Waals surface area (Å²) >= 11 is 0. The van der Waals surface area contributed by atoms with E-state index in [0.29, 0.717) is 60.0 Å². The van der Waals surface area contributed by atoms with Crippen LogP contribution in [0.25, 0.3) is 0 Å². The van der Waals surface area contributed by atoms with Gasteiger partial charge in [0.2, 0.25) is 11.8 Å². The van der Waals surface area contributed by atoms with Gasteiger partial charge in [0, 0.05) is 36.6 Å². The Labute approximate surface area is 306 Å². The lowest BCUT2D eigenvalue weighted by molar-refractivity contribution is -0.138. The molecule has 13 heteroatoms. The molecule has 0 fully saturated rings. The fourth-order valence-electron chi connectivity index (χ4n) is 5.42. The highest BCUT2D eigenvalue weighted by molar-refractivity contribution is 5.96. The lowest BCUT2D eigenvalue weighted by atomic mass is 9.74. The standard InChI is InChI=1S/C40H45F5N4O4/c1-25-17-29(21-48-37(25)53-24-28-10-8-12-31(42)19-28)35(50)46-16-15-38(3,4)13-14-39(5,6)26(2)49-36(51)32-22-47-34(20-33(32)40(43,44)45)52-23-27-9-7-11-30(41)18-27/h7-12,17-22,26H,13-16,23-24H2,1-6H3,(H,46,50)(H,49,51). The fraction of sp³-hybridized carbons (Fsp3) is 0.400. The van der Waals surface area contributed by atoms with Gasteiger partial charge in [0.15, 0.2) is 0 Å². The molecule has 2 aromatic heterocycles. The first-order valence-corrected chi connectivity index (χ1v) is 17.2. The van der Waals surface area contributed by atoms with Crippen LogP contribution in [0, 0.1) is 29.4 Å². The highest BCUT2D eigenvalue weighted by Crippen LogP contribution is 2.37. The molecular weight excluding hydrogens is 695 g/mol. The average molecular weight is 741 g/mol. The van der Waals surface area contributed by atoms with Crippen LogP contribution in [0.5, 0.6) is 11.8 Å². The zero-order chi connectivity index (χ0) is 39.0. The van der Waals surface area contributed by atoms with Gasteiger partial charge in [-0.1, -0.05) is 52.0 Å². The second kappa shape index (κ2) is 17.2. The quantitative estimate of drug-likeness (QED) is 0.111. The van der Waals surface area contributed by atoms with Gasteiger partial charge < -0.3 is 20.1 Å². The number of aryl methyl sites for hydroxylation is 1. The molecule has 0 aliphatic heterocycles. The van der Waals surface area contributed by atoms with Gasteiger partial charge in [-0.15, -0.1) is 0 Å². The number of benzene rings is 2. The fourth-order valence-corrected chi connectivity index (χ4v) is 5.42. The van der Waals surface area contributed by atoms with Crippen LogP contribution < -0.4 is 20.1 Å². The van der Waals surface area contributed by atoms with E-state index in [1.54, 1.807) is 38.1 Å². The molecular formula is C40H45F5N4O4. The number of ether oxygens (including phenoxy) is 2. The minimum absolute atomic E-state index is 0.135. The molecule has 2 amide bonds. The number of rotatable bonds is 16. The van der Waals surface area contributed by atoms with E-state index in [1.165, 1.54) is 36.5 Å². The summed E-state index contributed by atoms with van der Waals surface area (Å²) in [7, 11) is 0. The van der Waals surface area contributed by atoms with Crippen LogP contribution in [0.1, 0.15) is 96.9 Å². The molecule has 4 rings (SSSR count). The third kappa shape index (κ3) is 12.0. The Bertz CT molecular complexity index is 1900. The summed E-state index contributed by atoms with van der Waals surface area (Å²) in [4.78, 5) is 34.2. The van der Waals surface area contributed by atoms with Crippen LogP contribution >= 0.6 is 0 Å². The van der Waals surface area contributed by atoms with Crippen LogP contribution in [-0.4, -0.2) is 34.4 Å². The number of nitrogens with one attached hydrogen (secondary N) is 2. The van der Waals surface area contributed by atoms with E-state index in [4.69, 9.17) is 9.47 Å². The Balaban J connectivity index is 1.27.